The molecule has 30 heavy (non-hydrogen) atoms. The van der Waals surface area contributed by atoms with E-state index in [9.17, 15) is 9.59 Å². The Bertz CT molecular complexity index is 1050. The third-order valence-electron chi connectivity index (χ3n) is 4.75. The standard InChI is InChI=1S/C23H24ClN3O3/c1-4-27(14-16-7-9-17(10-8-16)23(29)26(2)3)21(28)15-30-20-12-11-19(24)18-6-5-13-25-22(18)20/h5-13H,4,14-15H2,1-3H3. The van der Waals surface area contributed by atoms with Crippen LogP contribution in [0.3, 0.4) is 0 Å². The molecule has 7 heteroatoms. The van der Waals surface area contributed by atoms with Crippen LogP contribution in [0.2, 0.25) is 5.02 Å². The summed E-state index contributed by atoms with van der Waals surface area (Å²) in [7, 11) is 3.43. The van der Waals surface area contributed by atoms with E-state index in [1.54, 1.807) is 55.5 Å². The molecule has 2 amide bonds. The highest BCUT2D eigenvalue weighted by atomic mass is 35.5. The predicted octanol–water partition coefficient (Wildman–Crippen LogP) is 4.02. The van der Waals surface area contributed by atoms with E-state index in [4.69, 9.17) is 16.3 Å². The number of halogens is 1. The molecule has 3 aromatic rings. The Balaban J connectivity index is 1.66. The molecule has 6 nitrogen and oxygen atoms in total. The Morgan fingerprint density at radius 3 is 2.47 bits per heavy atom. The van der Waals surface area contributed by atoms with Crippen LogP contribution in [0.25, 0.3) is 10.9 Å². The van der Waals surface area contributed by atoms with Gasteiger partial charge in [0.05, 0.1) is 5.02 Å². The molecule has 0 N–H and O–H groups in total. The number of ether oxygens (including phenoxy) is 1. The summed E-state index contributed by atoms with van der Waals surface area (Å²) >= 11 is 6.21. The summed E-state index contributed by atoms with van der Waals surface area (Å²) < 4.78 is 5.77. The van der Waals surface area contributed by atoms with Crippen molar-refractivity contribution in [1.29, 1.82) is 0 Å². The molecule has 0 saturated heterocycles. The fourth-order valence-corrected chi connectivity index (χ4v) is 3.28. The van der Waals surface area contributed by atoms with Gasteiger partial charge in [-0.05, 0) is 48.9 Å². The van der Waals surface area contributed by atoms with E-state index in [1.807, 2.05) is 25.1 Å². The van der Waals surface area contributed by atoms with Gasteiger partial charge >= 0.3 is 0 Å². The summed E-state index contributed by atoms with van der Waals surface area (Å²) in [6, 6.07) is 14.4. The van der Waals surface area contributed by atoms with Gasteiger partial charge in [-0.15, -0.1) is 0 Å². The van der Waals surface area contributed by atoms with E-state index >= 15 is 0 Å². The minimum absolute atomic E-state index is 0.0535. The number of hydrogen-bond donors (Lipinski definition) is 0. The highest BCUT2D eigenvalue weighted by molar-refractivity contribution is 6.35. The topological polar surface area (TPSA) is 62.7 Å². The van der Waals surface area contributed by atoms with E-state index in [-0.39, 0.29) is 18.4 Å². The monoisotopic (exact) mass is 425 g/mol. The zero-order valence-corrected chi connectivity index (χ0v) is 18.0. The lowest BCUT2D eigenvalue weighted by Crippen LogP contribution is -2.34. The molecule has 156 valence electrons. The third kappa shape index (κ3) is 4.89. The van der Waals surface area contributed by atoms with Crippen LogP contribution >= 0.6 is 11.6 Å². The summed E-state index contributed by atoms with van der Waals surface area (Å²) in [4.78, 5) is 32.3. The molecule has 2 aromatic carbocycles. The van der Waals surface area contributed by atoms with Gasteiger partial charge in [0.2, 0.25) is 0 Å². The SMILES string of the molecule is CCN(Cc1ccc(C(=O)N(C)C)cc1)C(=O)COc1ccc(Cl)c2cccnc12. The second-order valence-electron chi connectivity index (χ2n) is 7.04. The van der Waals surface area contributed by atoms with Crippen molar-refractivity contribution in [3.63, 3.8) is 0 Å². The van der Waals surface area contributed by atoms with Gasteiger partial charge in [0.15, 0.2) is 6.61 Å². The average molecular weight is 426 g/mol. The van der Waals surface area contributed by atoms with Crippen LogP contribution in [0.1, 0.15) is 22.8 Å². The minimum Gasteiger partial charge on any atom is -0.481 e. The van der Waals surface area contributed by atoms with Crippen LogP contribution in [-0.2, 0) is 11.3 Å². The van der Waals surface area contributed by atoms with E-state index < -0.39 is 0 Å². The quantitative estimate of drug-likeness (QED) is 0.573. The smallest absolute Gasteiger partial charge is 0.260 e. The van der Waals surface area contributed by atoms with Gasteiger partial charge in [-0.25, -0.2) is 0 Å². The Hall–Kier alpha value is -3.12. The predicted molar refractivity (Wildman–Crippen MR) is 118 cm³/mol. The van der Waals surface area contributed by atoms with Gasteiger partial charge in [-0.1, -0.05) is 23.7 Å². The molecule has 0 spiro atoms. The second kappa shape index (κ2) is 9.59. The number of aromatic nitrogens is 1. The number of benzene rings is 2. The Labute approximate surface area is 181 Å². The average Bonchev–Trinajstić information content (AvgIpc) is 2.77. The molecule has 0 aliphatic rings. The van der Waals surface area contributed by atoms with Gasteiger partial charge in [0, 0.05) is 44.3 Å². The highest BCUT2D eigenvalue weighted by Crippen LogP contribution is 2.29. The lowest BCUT2D eigenvalue weighted by molar-refractivity contribution is -0.133. The third-order valence-corrected chi connectivity index (χ3v) is 5.08. The van der Waals surface area contributed by atoms with Crippen molar-refractivity contribution < 1.29 is 14.3 Å². The van der Waals surface area contributed by atoms with E-state index in [0.29, 0.717) is 34.9 Å². The number of carbonyl (C=O) groups is 2. The summed E-state index contributed by atoms with van der Waals surface area (Å²) in [6.45, 7) is 2.80. The largest absolute Gasteiger partial charge is 0.481 e. The first-order valence-corrected chi connectivity index (χ1v) is 10.0. The van der Waals surface area contributed by atoms with Crippen LogP contribution in [0.15, 0.2) is 54.7 Å². The van der Waals surface area contributed by atoms with Crippen molar-refractivity contribution >= 4 is 34.3 Å². The summed E-state index contributed by atoms with van der Waals surface area (Å²) in [6.07, 6.45) is 1.66. The number of rotatable bonds is 7. The Kier molecular flexibility index (Phi) is 6.90. The maximum absolute atomic E-state index is 12.7. The number of pyridine rings is 1. The molecule has 0 radical (unpaired) electrons. The zero-order valence-electron chi connectivity index (χ0n) is 17.3. The van der Waals surface area contributed by atoms with Crippen molar-refractivity contribution in [3.05, 3.63) is 70.9 Å². The van der Waals surface area contributed by atoms with Gasteiger partial charge < -0.3 is 14.5 Å². The maximum Gasteiger partial charge on any atom is 0.260 e. The molecule has 0 saturated carbocycles. The summed E-state index contributed by atoms with van der Waals surface area (Å²) in [5, 5.41) is 1.37. The Morgan fingerprint density at radius 2 is 1.80 bits per heavy atom. The van der Waals surface area contributed by atoms with Gasteiger partial charge in [0.25, 0.3) is 11.8 Å². The second-order valence-corrected chi connectivity index (χ2v) is 7.45. The zero-order chi connectivity index (χ0) is 21.7. The van der Waals surface area contributed by atoms with Crippen molar-refractivity contribution in [2.24, 2.45) is 0 Å². The number of amides is 2. The molecule has 0 aliphatic heterocycles. The van der Waals surface area contributed by atoms with Crippen LogP contribution in [-0.4, -0.2) is 53.8 Å². The highest BCUT2D eigenvalue weighted by Gasteiger charge is 2.15. The fourth-order valence-electron chi connectivity index (χ4n) is 3.07. The molecular formula is C23H24ClN3O3. The van der Waals surface area contributed by atoms with Gasteiger partial charge in [-0.2, -0.15) is 0 Å². The van der Waals surface area contributed by atoms with Crippen LogP contribution in [0.4, 0.5) is 0 Å². The number of nitrogens with zero attached hydrogens (tertiary/aromatic N) is 3. The number of hydrogen-bond acceptors (Lipinski definition) is 4. The molecule has 0 bridgehead atoms. The lowest BCUT2D eigenvalue weighted by atomic mass is 10.1. The molecule has 0 atom stereocenters. The molecule has 0 unspecified atom stereocenters. The first kappa shape index (κ1) is 21.6. The lowest BCUT2D eigenvalue weighted by Gasteiger charge is -2.21. The van der Waals surface area contributed by atoms with Gasteiger partial charge in [0.1, 0.15) is 11.3 Å². The molecule has 1 heterocycles. The van der Waals surface area contributed by atoms with Crippen LogP contribution in [0.5, 0.6) is 5.75 Å². The molecular weight excluding hydrogens is 402 g/mol. The van der Waals surface area contributed by atoms with E-state index in [0.717, 1.165) is 10.9 Å². The molecule has 0 aliphatic carbocycles. The molecule has 1 aromatic heterocycles. The summed E-state index contributed by atoms with van der Waals surface area (Å²) in [5.41, 5.74) is 2.18. The first-order chi connectivity index (χ1) is 14.4. The van der Waals surface area contributed by atoms with Crippen molar-refractivity contribution in [3.8, 4) is 5.75 Å². The fraction of sp³-hybridized carbons (Fsp3) is 0.261. The van der Waals surface area contributed by atoms with Crippen molar-refractivity contribution in [2.45, 2.75) is 13.5 Å². The van der Waals surface area contributed by atoms with E-state index in [1.165, 1.54) is 4.90 Å². The number of likely N-dealkylation sites (N-methyl/N-ethyl adjacent to an activating group) is 1. The summed E-state index contributed by atoms with van der Waals surface area (Å²) in [5.74, 6) is 0.332. The van der Waals surface area contributed by atoms with Crippen molar-refractivity contribution in [2.75, 3.05) is 27.2 Å². The number of fused-ring (bicyclic) bond motifs is 1. The van der Waals surface area contributed by atoms with E-state index in [2.05, 4.69) is 4.98 Å². The van der Waals surface area contributed by atoms with Gasteiger partial charge in [-0.3, -0.25) is 14.6 Å². The first-order valence-electron chi connectivity index (χ1n) is 9.65. The molecule has 3 rings (SSSR count). The van der Waals surface area contributed by atoms with Crippen LogP contribution < -0.4 is 4.74 Å². The molecule has 0 fully saturated rings. The minimum atomic E-state index is -0.134. The number of carbonyl (C=O) groups excluding carboxylic acids is 2. The van der Waals surface area contributed by atoms with Crippen LogP contribution in [0, 0.1) is 0 Å². The maximum atomic E-state index is 12.7. The van der Waals surface area contributed by atoms with Crippen molar-refractivity contribution in [1.82, 2.24) is 14.8 Å². The Morgan fingerprint density at radius 1 is 1.07 bits per heavy atom. The normalized spacial score (nSPS) is 10.7.